The van der Waals surface area contributed by atoms with Crippen molar-refractivity contribution in [2.75, 3.05) is 26.7 Å². The van der Waals surface area contributed by atoms with Gasteiger partial charge in [-0.3, -0.25) is 4.99 Å². The molecular weight excluding hydrogens is 451 g/mol. The number of fused-ring (bicyclic) bond motifs is 1. The van der Waals surface area contributed by atoms with Gasteiger partial charge < -0.3 is 14.8 Å². The van der Waals surface area contributed by atoms with Gasteiger partial charge in [-0.05, 0) is 37.5 Å². The first kappa shape index (κ1) is 20.9. The van der Waals surface area contributed by atoms with Gasteiger partial charge >= 0.3 is 0 Å². The summed E-state index contributed by atoms with van der Waals surface area (Å²) in [4.78, 5) is 7.04. The van der Waals surface area contributed by atoms with Crippen LogP contribution in [0.1, 0.15) is 69.4 Å². The Kier molecular flexibility index (Phi) is 7.39. The molecule has 1 spiro atoms. The molecule has 4 rings (SSSR count). The molecule has 1 aromatic rings. The lowest BCUT2D eigenvalue weighted by molar-refractivity contribution is 0.203. The Hall–Kier alpha value is -0.860. The minimum Gasteiger partial charge on any atom is -0.356 e. The summed E-state index contributed by atoms with van der Waals surface area (Å²) < 4.78 is 2.35. The van der Waals surface area contributed by atoms with Gasteiger partial charge in [0.05, 0.1) is 0 Å². The predicted molar refractivity (Wildman–Crippen MR) is 120 cm³/mol. The van der Waals surface area contributed by atoms with Crippen molar-refractivity contribution in [3.63, 3.8) is 0 Å². The molecule has 0 unspecified atom stereocenters. The van der Waals surface area contributed by atoms with Crippen LogP contribution >= 0.6 is 24.0 Å². The summed E-state index contributed by atoms with van der Waals surface area (Å²) in [5.41, 5.74) is 0.570. The van der Waals surface area contributed by atoms with E-state index in [1.807, 2.05) is 7.05 Å². The van der Waals surface area contributed by atoms with E-state index >= 15 is 0 Å². The smallest absolute Gasteiger partial charge is 0.193 e. The summed E-state index contributed by atoms with van der Waals surface area (Å²) in [5.74, 6) is 3.39. The maximum atomic E-state index is 4.56. The fourth-order valence-corrected chi connectivity index (χ4v) is 5.17. The minimum atomic E-state index is 0. The third-order valence-corrected chi connectivity index (χ3v) is 6.68. The predicted octanol–water partition coefficient (Wildman–Crippen LogP) is 3.40. The van der Waals surface area contributed by atoms with Crippen LogP contribution in [0.2, 0.25) is 0 Å². The van der Waals surface area contributed by atoms with Gasteiger partial charge in [-0.25, -0.2) is 0 Å². The first-order valence-electron chi connectivity index (χ1n) is 10.7. The van der Waals surface area contributed by atoms with Gasteiger partial charge in [-0.1, -0.05) is 25.7 Å². The van der Waals surface area contributed by atoms with Crippen molar-refractivity contribution >= 4 is 29.9 Å². The molecule has 1 saturated heterocycles. The van der Waals surface area contributed by atoms with Gasteiger partial charge in [0.1, 0.15) is 11.6 Å². The average Bonchev–Trinajstić information content (AvgIpc) is 3.16. The van der Waals surface area contributed by atoms with Crippen molar-refractivity contribution in [2.24, 2.45) is 10.4 Å². The van der Waals surface area contributed by atoms with Crippen molar-refractivity contribution in [1.82, 2.24) is 25.0 Å². The van der Waals surface area contributed by atoms with Crippen LogP contribution in [0.4, 0.5) is 0 Å². The number of halogens is 1. The van der Waals surface area contributed by atoms with Crippen molar-refractivity contribution in [3.05, 3.63) is 11.6 Å². The number of hydrogen-bond acceptors (Lipinski definition) is 3. The van der Waals surface area contributed by atoms with Gasteiger partial charge in [-0.15, -0.1) is 34.2 Å². The lowest BCUT2D eigenvalue weighted by Gasteiger charge is -2.33. The van der Waals surface area contributed by atoms with E-state index in [0.717, 1.165) is 44.3 Å². The van der Waals surface area contributed by atoms with Crippen LogP contribution in [0.15, 0.2) is 4.99 Å². The van der Waals surface area contributed by atoms with Gasteiger partial charge in [0, 0.05) is 46.1 Å². The summed E-state index contributed by atoms with van der Waals surface area (Å²) >= 11 is 0. The van der Waals surface area contributed by atoms with E-state index in [2.05, 4.69) is 30.0 Å². The zero-order valence-electron chi connectivity index (χ0n) is 16.8. The average molecular weight is 486 g/mol. The highest BCUT2D eigenvalue weighted by Crippen LogP contribution is 2.43. The number of nitrogens with zero attached hydrogens (tertiary/aromatic N) is 5. The van der Waals surface area contributed by atoms with Crippen molar-refractivity contribution in [2.45, 2.75) is 77.2 Å². The van der Waals surface area contributed by atoms with Crippen LogP contribution in [0.25, 0.3) is 0 Å². The Balaban J connectivity index is 0.00000210. The fraction of sp³-hybridized carbons (Fsp3) is 0.850. The quantitative estimate of drug-likeness (QED) is 0.404. The normalized spacial score (nSPS) is 22.3. The van der Waals surface area contributed by atoms with E-state index in [1.165, 1.54) is 70.2 Å². The summed E-state index contributed by atoms with van der Waals surface area (Å²) in [6.45, 7) is 4.31. The first-order chi connectivity index (χ1) is 12.8. The second-order valence-corrected chi connectivity index (χ2v) is 8.45. The summed E-state index contributed by atoms with van der Waals surface area (Å²) in [6.07, 6.45) is 14.2. The van der Waals surface area contributed by atoms with Crippen molar-refractivity contribution in [1.29, 1.82) is 0 Å². The maximum Gasteiger partial charge on any atom is 0.193 e. The van der Waals surface area contributed by atoms with Crippen molar-refractivity contribution in [3.8, 4) is 0 Å². The molecule has 1 N–H and O–H groups in total. The lowest BCUT2D eigenvalue weighted by Crippen LogP contribution is -2.42. The monoisotopic (exact) mass is 486 g/mol. The Labute approximate surface area is 180 Å². The molecule has 2 aliphatic heterocycles. The molecular formula is C20H35IN6. The molecule has 3 aliphatic rings. The highest BCUT2D eigenvalue weighted by molar-refractivity contribution is 14.0. The lowest BCUT2D eigenvalue weighted by atomic mass is 9.73. The second-order valence-electron chi connectivity index (χ2n) is 8.45. The van der Waals surface area contributed by atoms with Gasteiger partial charge in [0.15, 0.2) is 5.96 Å². The van der Waals surface area contributed by atoms with Crippen LogP contribution < -0.4 is 5.32 Å². The Morgan fingerprint density at radius 1 is 1.04 bits per heavy atom. The number of aryl methyl sites for hydroxylation is 1. The molecule has 0 radical (unpaired) electrons. The first-order valence-corrected chi connectivity index (χ1v) is 10.7. The van der Waals surface area contributed by atoms with E-state index in [0.29, 0.717) is 5.41 Å². The van der Waals surface area contributed by atoms with Gasteiger partial charge in [0.2, 0.25) is 0 Å². The largest absolute Gasteiger partial charge is 0.356 e. The standard InChI is InChI=1S/C20H34N6.HI/c1-21-19(25-15-12-20(16-25)10-5-3-6-11-20)22-13-9-18-24-23-17-8-4-2-7-14-26(17)18;/h2-16H2,1H3,(H,21,22);1H. The Morgan fingerprint density at radius 2 is 1.85 bits per heavy atom. The van der Waals surface area contributed by atoms with E-state index in [-0.39, 0.29) is 24.0 Å². The van der Waals surface area contributed by atoms with E-state index < -0.39 is 0 Å². The summed E-state index contributed by atoms with van der Waals surface area (Å²) in [5, 5.41) is 12.4. The molecule has 152 valence electrons. The number of hydrogen-bond donors (Lipinski definition) is 1. The molecule has 0 atom stereocenters. The molecule has 7 heteroatoms. The van der Waals surface area contributed by atoms with Gasteiger partial charge in [0.25, 0.3) is 0 Å². The maximum absolute atomic E-state index is 4.56. The van der Waals surface area contributed by atoms with Crippen LogP contribution in [0.5, 0.6) is 0 Å². The van der Waals surface area contributed by atoms with E-state index in [9.17, 15) is 0 Å². The zero-order chi connectivity index (χ0) is 17.8. The van der Waals surface area contributed by atoms with Crippen molar-refractivity contribution < 1.29 is 0 Å². The Bertz CT molecular complexity index is 634. The summed E-state index contributed by atoms with van der Waals surface area (Å²) in [7, 11) is 1.91. The zero-order valence-corrected chi connectivity index (χ0v) is 19.1. The molecule has 1 aliphatic carbocycles. The highest BCUT2D eigenvalue weighted by atomic mass is 127. The van der Waals surface area contributed by atoms with Gasteiger partial charge in [-0.2, -0.15) is 0 Å². The second kappa shape index (κ2) is 9.56. The topological polar surface area (TPSA) is 58.3 Å². The SMILES string of the molecule is CN=C(NCCc1nnc2n1CCCCC2)N1CCC2(CCCCC2)C1.I. The molecule has 3 heterocycles. The van der Waals surface area contributed by atoms with Crippen LogP contribution in [0.3, 0.4) is 0 Å². The van der Waals surface area contributed by atoms with E-state index in [4.69, 9.17) is 0 Å². The molecule has 2 fully saturated rings. The molecule has 27 heavy (non-hydrogen) atoms. The van der Waals surface area contributed by atoms with E-state index in [1.54, 1.807) is 0 Å². The molecule has 0 amide bonds. The molecule has 1 aromatic heterocycles. The summed E-state index contributed by atoms with van der Waals surface area (Å²) in [6, 6.07) is 0. The van der Waals surface area contributed by atoms with Crippen LogP contribution in [-0.4, -0.2) is 52.3 Å². The van der Waals surface area contributed by atoms with Crippen LogP contribution in [0, 0.1) is 5.41 Å². The minimum absolute atomic E-state index is 0. The van der Waals surface area contributed by atoms with Crippen LogP contribution in [-0.2, 0) is 19.4 Å². The molecule has 1 saturated carbocycles. The Morgan fingerprint density at radius 3 is 2.67 bits per heavy atom. The number of nitrogens with one attached hydrogen (secondary N) is 1. The third-order valence-electron chi connectivity index (χ3n) is 6.68. The number of likely N-dealkylation sites (tertiary alicyclic amines) is 1. The molecule has 0 bridgehead atoms. The highest BCUT2D eigenvalue weighted by Gasteiger charge is 2.39. The number of aliphatic imine (C=N–C) groups is 1. The number of guanidine groups is 1. The molecule has 0 aromatic carbocycles. The molecule has 6 nitrogen and oxygen atoms in total. The number of rotatable bonds is 3. The number of aromatic nitrogens is 3. The third kappa shape index (κ3) is 4.77. The fourth-order valence-electron chi connectivity index (χ4n) is 5.17.